The molecule has 0 fully saturated rings. The molecule has 0 atom stereocenters. The number of anilines is 1. The maximum Gasteiger partial charge on any atom is 0.239 e. The molecule has 1 aliphatic heterocycles. The summed E-state index contributed by atoms with van der Waals surface area (Å²) >= 11 is 0. The minimum absolute atomic E-state index is 0.122. The number of nitriles is 1. The van der Waals surface area contributed by atoms with Gasteiger partial charge in [0.25, 0.3) is 0 Å². The van der Waals surface area contributed by atoms with Crippen molar-refractivity contribution in [2.45, 2.75) is 33.2 Å². The second-order valence-electron chi connectivity index (χ2n) is 7.85. The first-order valence-corrected chi connectivity index (χ1v) is 10.5. The number of rotatable bonds is 8. The molecule has 31 heavy (non-hydrogen) atoms. The van der Waals surface area contributed by atoms with Crippen LogP contribution in [0.5, 0.6) is 5.75 Å². The summed E-state index contributed by atoms with van der Waals surface area (Å²) < 4.78 is 7.15. The van der Waals surface area contributed by atoms with Gasteiger partial charge in [-0.3, -0.25) is 9.69 Å². The van der Waals surface area contributed by atoms with E-state index in [1.807, 2.05) is 30.5 Å². The highest BCUT2D eigenvalue weighted by molar-refractivity contribution is 5.93. The molecule has 7 heteroatoms. The zero-order valence-electron chi connectivity index (χ0n) is 18.4. The first-order valence-electron chi connectivity index (χ1n) is 10.5. The van der Waals surface area contributed by atoms with Crippen LogP contribution in [0.2, 0.25) is 0 Å². The van der Waals surface area contributed by atoms with E-state index in [1.54, 1.807) is 19.2 Å². The van der Waals surface area contributed by atoms with Crippen LogP contribution >= 0.6 is 0 Å². The molecule has 3 rings (SSSR count). The van der Waals surface area contributed by atoms with Crippen molar-refractivity contribution < 1.29 is 14.6 Å². The lowest BCUT2D eigenvalue weighted by Crippen LogP contribution is -2.36. The van der Waals surface area contributed by atoms with E-state index in [2.05, 4.69) is 22.4 Å². The number of carbonyl (C=O) groups excluding carboxylic acids is 1. The summed E-state index contributed by atoms with van der Waals surface area (Å²) in [6.07, 6.45) is 3.77. The van der Waals surface area contributed by atoms with Crippen LogP contribution in [0.4, 0.5) is 5.82 Å². The van der Waals surface area contributed by atoms with Gasteiger partial charge >= 0.3 is 0 Å². The average Bonchev–Trinajstić information content (AvgIpc) is 2.98. The summed E-state index contributed by atoms with van der Waals surface area (Å²) in [4.78, 5) is 14.9. The molecule has 0 spiro atoms. The Bertz CT molecular complexity index is 999. The molecule has 2 N–H and O–H groups in total. The van der Waals surface area contributed by atoms with E-state index in [-0.39, 0.29) is 18.2 Å². The minimum atomic E-state index is -0.122. The molecule has 1 amide bonds. The zero-order chi connectivity index (χ0) is 22.4. The molecule has 0 aliphatic carbocycles. The van der Waals surface area contributed by atoms with Crippen molar-refractivity contribution in [1.29, 1.82) is 5.26 Å². The fraction of sp³-hybridized carbons (Fsp3) is 0.417. The lowest BCUT2D eigenvalue weighted by molar-refractivity contribution is -0.117. The molecule has 0 radical (unpaired) electrons. The summed E-state index contributed by atoms with van der Waals surface area (Å²) in [5, 5.41) is 22.1. The molecule has 0 bridgehead atoms. The highest BCUT2D eigenvalue weighted by atomic mass is 16.5. The van der Waals surface area contributed by atoms with E-state index in [9.17, 15) is 15.2 Å². The number of nitrogens with one attached hydrogen (secondary N) is 1. The number of phenolic OH excluding ortho intramolecular Hbond substituents is 1. The van der Waals surface area contributed by atoms with Gasteiger partial charge in [0.15, 0.2) is 0 Å². The van der Waals surface area contributed by atoms with Gasteiger partial charge in [-0.1, -0.05) is 18.2 Å². The molecule has 2 aromatic rings. The van der Waals surface area contributed by atoms with E-state index in [0.717, 1.165) is 36.2 Å². The standard InChI is InChI=1S/C24H30N4O3/c1-17-18(2)28(11-4-14-31-3)24(22(17)15-25)26-23(30)16-27-12-9-20(10-13-27)19-5-7-21(29)8-6-19/h5-9,29H,4,10-14,16H2,1-3H3,(H,26,30). The summed E-state index contributed by atoms with van der Waals surface area (Å²) in [5.41, 5.74) is 4.73. The van der Waals surface area contributed by atoms with Gasteiger partial charge in [-0.05, 0) is 55.5 Å². The lowest BCUT2D eigenvalue weighted by atomic mass is 9.99. The molecular formula is C24H30N4O3. The summed E-state index contributed by atoms with van der Waals surface area (Å²) in [6, 6.07) is 9.45. The van der Waals surface area contributed by atoms with Crippen molar-refractivity contribution in [3.8, 4) is 11.8 Å². The number of carbonyl (C=O) groups is 1. The molecular weight excluding hydrogens is 392 g/mol. The molecule has 164 valence electrons. The van der Waals surface area contributed by atoms with Gasteiger partial charge in [-0.25, -0.2) is 0 Å². The second-order valence-corrected chi connectivity index (χ2v) is 7.85. The first-order chi connectivity index (χ1) is 14.9. The Labute approximate surface area is 183 Å². The van der Waals surface area contributed by atoms with Crippen LogP contribution in [-0.4, -0.2) is 53.8 Å². The van der Waals surface area contributed by atoms with Crippen LogP contribution in [0.1, 0.15) is 35.2 Å². The summed E-state index contributed by atoms with van der Waals surface area (Å²) in [5.74, 6) is 0.715. The smallest absolute Gasteiger partial charge is 0.239 e. The maximum absolute atomic E-state index is 12.8. The molecule has 1 aliphatic rings. The number of aromatic hydroxyl groups is 1. The van der Waals surface area contributed by atoms with Crippen molar-refractivity contribution in [3.05, 3.63) is 52.7 Å². The Morgan fingerprint density at radius 1 is 1.29 bits per heavy atom. The fourth-order valence-electron chi connectivity index (χ4n) is 3.94. The van der Waals surface area contributed by atoms with E-state index in [4.69, 9.17) is 4.74 Å². The van der Waals surface area contributed by atoms with Crippen LogP contribution in [0.25, 0.3) is 5.57 Å². The Kier molecular flexibility index (Phi) is 7.50. The van der Waals surface area contributed by atoms with Crippen molar-refractivity contribution in [1.82, 2.24) is 9.47 Å². The van der Waals surface area contributed by atoms with Gasteiger partial charge in [0.1, 0.15) is 17.6 Å². The molecule has 1 aromatic heterocycles. The number of nitrogens with zero attached hydrogens (tertiary/aromatic N) is 3. The summed E-state index contributed by atoms with van der Waals surface area (Å²) in [6.45, 7) is 6.91. The van der Waals surface area contributed by atoms with Gasteiger partial charge in [0, 0.05) is 39.0 Å². The lowest BCUT2D eigenvalue weighted by Gasteiger charge is -2.26. The molecule has 2 heterocycles. The van der Waals surface area contributed by atoms with Gasteiger partial charge in [-0.2, -0.15) is 5.26 Å². The second kappa shape index (κ2) is 10.3. The largest absolute Gasteiger partial charge is 0.508 e. The topological polar surface area (TPSA) is 90.5 Å². The summed E-state index contributed by atoms with van der Waals surface area (Å²) in [7, 11) is 1.66. The van der Waals surface area contributed by atoms with Crippen molar-refractivity contribution in [3.63, 3.8) is 0 Å². The predicted molar refractivity (Wildman–Crippen MR) is 121 cm³/mol. The molecule has 1 aromatic carbocycles. The minimum Gasteiger partial charge on any atom is -0.508 e. The third-order valence-electron chi connectivity index (χ3n) is 5.83. The number of hydrogen-bond acceptors (Lipinski definition) is 5. The zero-order valence-corrected chi connectivity index (χ0v) is 18.4. The molecule has 0 saturated carbocycles. The van der Waals surface area contributed by atoms with E-state index >= 15 is 0 Å². The highest BCUT2D eigenvalue weighted by Crippen LogP contribution is 2.27. The van der Waals surface area contributed by atoms with Crippen molar-refractivity contribution in [2.75, 3.05) is 38.7 Å². The van der Waals surface area contributed by atoms with Crippen LogP contribution in [-0.2, 0) is 16.1 Å². The normalized spacial score (nSPS) is 14.2. The van der Waals surface area contributed by atoms with Crippen LogP contribution in [0, 0.1) is 25.2 Å². The van der Waals surface area contributed by atoms with Crippen LogP contribution < -0.4 is 5.32 Å². The van der Waals surface area contributed by atoms with Crippen molar-refractivity contribution in [2.24, 2.45) is 0 Å². The van der Waals surface area contributed by atoms with Crippen molar-refractivity contribution >= 4 is 17.3 Å². The number of amides is 1. The highest BCUT2D eigenvalue weighted by Gasteiger charge is 2.21. The monoisotopic (exact) mass is 422 g/mol. The maximum atomic E-state index is 12.8. The van der Waals surface area contributed by atoms with Gasteiger partial charge in [-0.15, -0.1) is 0 Å². The quantitative estimate of drug-likeness (QED) is 0.636. The van der Waals surface area contributed by atoms with Crippen LogP contribution in [0.3, 0.4) is 0 Å². The number of ether oxygens (including phenoxy) is 1. The van der Waals surface area contributed by atoms with Gasteiger partial charge < -0.3 is 19.7 Å². The SMILES string of the molecule is COCCCn1c(C)c(C)c(C#N)c1NC(=O)CN1CC=C(c2ccc(O)cc2)CC1. The Hall–Kier alpha value is -3.08. The Morgan fingerprint density at radius 3 is 2.65 bits per heavy atom. The van der Waals surface area contributed by atoms with E-state index < -0.39 is 0 Å². The Balaban J connectivity index is 1.65. The first kappa shape index (κ1) is 22.6. The third kappa shape index (κ3) is 5.35. The molecule has 0 unspecified atom stereocenters. The van der Waals surface area contributed by atoms with Crippen LogP contribution in [0.15, 0.2) is 30.3 Å². The third-order valence-corrected chi connectivity index (χ3v) is 5.83. The number of methoxy groups -OCH3 is 1. The number of aromatic nitrogens is 1. The number of phenols is 1. The number of hydrogen-bond donors (Lipinski definition) is 2. The fourth-order valence-corrected chi connectivity index (χ4v) is 3.94. The average molecular weight is 423 g/mol. The van der Waals surface area contributed by atoms with E-state index in [1.165, 1.54) is 5.57 Å². The number of benzene rings is 1. The predicted octanol–water partition coefficient (Wildman–Crippen LogP) is 3.45. The van der Waals surface area contributed by atoms with Gasteiger partial charge in [0.2, 0.25) is 5.91 Å². The van der Waals surface area contributed by atoms with E-state index in [0.29, 0.717) is 31.1 Å². The Morgan fingerprint density at radius 2 is 2.03 bits per heavy atom. The molecule has 0 saturated heterocycles. The van der Waals surface area contributed by atoms with Gasteiger partial charge in [0.05, 0.1) is 12.1 Å². The molecule has 7 nitrogen and oxygen atoms in total.